The average Bonchev–Trinajstić information content (AvgIpc) is 3.15. The second kappa shape index (κ2) is 4.99. The van der Waals surface area contributed by atoms with Crippen LogP contribution in [0, 0.1) is 11.8 Å². The van der Waals surface area contributed by atoms with E-state index < -0.39 is 0 Å². The predicted molar refractivity (Wildman–Crippen MR) is 82.9 cm³/mol. The van der Waals surface area contributed by atoms with Crippen molar-refractivity contribution in [1.82, 2.24) is 10.2 Å². The molecule has 1 N–H and O–H groups in total. The first-order valence-corrected chi connectivity index (χ1v) is 8.35. The number of nitrogens with one attached hydrogen (secondary N) is 1. The summed E-state index contributed by atoms with van der Waals surface area (Å²) in [6.07, 6.45) is 5.12. The highest BCUT2D eigenvalue weighted by atomic mass is 35.5. The summed E-state index contributed by atoms with van der Waals surface area (Å²) in [4.78, 5) is 14.8. The summed E-state index contributed by atoms with van der Waals surface area (Å²) in [5, 5.41) is 4.18. The van der Waals surface area contributed by atoms with Crippen LogP contribution in [0.4, 0.5) is 0 Å². The van der Waals surface area contributed by atoms with E-state index in [9.17, 15) is 4.79 Å². The van der Waals surface area contributed by atoms with E-state index in [0.717, 1.165) is 16.5 Å². The summed E-state index contributed by atoms with van der Waals surface area (Å²) in [6.45, 7) is 1.97. The van der Waals surface area contributed by atoms with E-state index in [2.05, 4.69) is 16.3 Å². The molecule has 2 aliphatic carbocycles. The van der Waals surface area contributed by atoms with Gasteiger partial charge in [-0.1, -0.05) is 30.2 Å². The van der Waals surface area contributed by atoms with Crippen molar-refractivity contribution in [2.45, 2.75) is 50.9 Å². The molecule has 0 radical (unpaired) electrons. The first-order chi connectivity index (χ1) is 10.1. The zero-order valence-corrected chi connectivity index (χ0v) is 13.0. The number of carbonyl (C=O) groups excluding carboxylic acids is 1. The lowest BCUT2D eigenvalue weighted by atomic mass is 9.93. The third-order valence-corrected chi connectivity index (χ3v) is 5.77. The standard InChI is InChI=1S/C17H21ClN2O/c1-10-17(21)20(15-8-11-5-6-12(15)7-11)16(19-10)13-3-2-4-14(18)9-13/h2-4,9-12,15-16,19H,5-8H2,1H3. The first kappa shape index (κ1) is 13.6. The third kappa shape index (κ3) is 2.18. The van der Waals surface area contributed by atoms with Gasteiger partial charge in [0.25, 0.3) is 0 Å². The van der Waals surface area contributed by atoms with Crippen LogP contribution in [0.15, 0.2) is 24.3 Å². The molecular weight excluding hydrogens is 284 g/mol. The van der Waals surface area contributed by atoms with Crippen molar-refractivity contribution in [3.63, 3.8) is 0 Å². The molecule has 2 saturated carbocycles. The maximum absolute atomic E-state index is 12.7. The Labute approximate surface area is 130 Å². The first-order valence-electron chi connectivity index (χ1n) is 7.97. The molecule has 0 spiro atoms. The molecule has 5 atom stereocenters. The molecule has 2 bridgehead atoms. The Morgan fingerprint density at radius 2 is 2.14 bits per heavy atom. The highest BCUT2D eigenvalue weighted by Crippen LogP contribution is 2.49. The number of hydrogen-bond acceptors (Lipinski definition) is 2. The number of fused-ring (bicyclic) bond motifs is 2. The maximum Gasteiger partial charge on any atom is 0.241 e. The number of carbonyl (C=O) groups is 1. The lowest BCUT2D eigenvalue weighted by Crippen LogP contribution is -2.43. The summed E-state index contributed by atoms with van der Waals surface area (Å²) in [5.74, 6) is 1.79. The molecule has 1 amide bonds. The van der Waals surface area contributed by atoms with Gasteiger partial charge in [0.1, 0.15) is 6.17 Å². The quantitative estimate of drug-likeness (QED) is 0.909. The molecule has 112 valence electrons. The van der Waals surface area contributed by atoms with Gasteiger partial charge in [0.15, 0.2) is 0 Å². The molecule has 1 saturated heterocycles. The van der Waals surface area contributed by atoms with Crippen molar-refractivity contribution < 1.29 is 4.79 Å². The van der Waals surface area contributed by atoms with Crippen molar-refractivity contribution in [3.05, 3.63) is 34.9 Å². The van der Waals surface area contributed by atoms with Crippen molar-refractivity contribution in [2.75, 3.05) is 0 Å². The number of halogens is 1. The minimum atomic E-state index is -0.104. The van der Waals surface area contributed by atoms with Gasteiger partial charge in [0.2, 0.25) is 5.91 Å². The van der Waals surface area contributed by atoms with E-state index in [0.29, 0.717) is 12.0 Å². The van der Waals surface area contributed by atoms with Gasteiger partial charge in [-0.2, -0.15) is 0 Å². The van der Waals surface area contributed by atoms with Crippen molar-refractivity contribution in [1.29, 1.82) is 0 Å². The molecular formula is C17H21ClN2O. The molecule has 3 nitrogen and oxygen atoms in total. The highest BCUT2D eigenvalue weighted by molar-refractivity contribution is 6.30. The third-order valence-electron chi connectivity index (χ3n) is 5.53. The molecule has 5 unspecified atom stereocenters. The number of nitrogens with zero attached hydrogens (tertiary/aromatic N) is 1. The van der Waals surface area contributed by atoms with E-state index >= 15 is 0 Å². The number of amides is 1. The van der Waals surface area contributed by atoms with Crippen LogP contribution in [0.25, 0.3) is 0 Å². The van der Waals surface area contributed by atoms with Crippen LogP contribution in [0.2, 0.25) is 5.02 Å². The molecule has 1 aromatic rings. The zero-order valence-electron chi connectivity index (χ0n) is 12.3. The Bertz CT molecular complexity index is 576. The van der Waals surface area contributed by atoms with Crippen molar-refractivity contribution in [3.8, 4) is 0 Å². The van der Waals surface area contributed by atoms with Crippen molar-refractivity contribution >= 4 is 17.5 Å². The lowest BCUT2D eigenvalue weighted by Gasteiger charge is -2.35. The Kier molecular flexibility index (Phi) is 3.23. The average molecular weight is 305 g/mol. The highest BCUT2D eigenvalue weighted by Gasteiger charge is 2.49. The monoisotopic (exact) mass is 304 g/mol. The maximum atomic E-state index is 12.7. The number of hydrogen-bond donors (Lipinski definition) is 1. The van der Waals surface area contributed by atoms with Gasteiger partial charge in [-0.05, 0) is 55.7 Å². The SMILES string of the molecule is CC1NC(c2cccc(Cl)c2)N(C2CC3CCC2C3)C1=O. The van der Waals surface area contributed by atoms with Crippen LogP contribution in [0.1, 0.15) is 44.3 Å². The van der Waals surface area contributed by atoms with Gasteiger partial charge in [-0.15, -0.1) is 0 Å². The fourth-order valence-electron chi connectivity index (χ4n) is 4.58. The van der Waals surface area contributed by atoms with Gasteiger partial charge in [0.05, 0.1) is 6.04 Å². The minimum Gasteiger partial charge on any atom is -0.318 e. The van der Waals surface area contributed by atoms with Crippen LogP contribution in [-0.2, 0) is 4.79 Å². The Morgan fingerprint density at radius 1 is 1.29 bits per heavy atom. The summed E-state index contributed by atoms with van der Waals surface area (Å²) < 4.78 is 0. The Hall–Kier alpha value is -1.06. The van der Waals surface area contributed by atoms with Crippen LogP contribution in [0.5, 0.6) is 0 Å². The second-order valence-electron chi connectivity index (χ2n) is 6.83. The smallest absolute Gasteiger partial charge is 0.241 e. The molecule has 3 fully saturated rings. The van der Waals surface area contributed by atoms with Crippen LogP contribution in [-0.4, -0.2) is 22.9 Å². The minimum absolute atomic E-state index is 0.0180. The van der Waals surface area contributed by atoms with Gasteiger partial charge >= 0.3 is 0 Å². The molecule has 4 rings (SSSR count). The summed E-state index contributed by atoms with van der Waals surface area (Å²) in [6, 6.07) is 8.20. The molecule has 0 aromatic heterocycles. The van der Waals surface area contributed by atoms with E-state index in [-0.39, 0.29) is 18.1 Å². The summed E-state index contributed by atoms with van der Waals surface area (Å²) in [5.41, 5.74) is 1.10. The number of benzene rings is 1. The molecule has 3 aliphatic rings. The normalized spacial score (nSPS) is 38.5. The lowest BCUT2D eigenvalue weighted by molar-refractivity contribution is -0.133. The second-order valence-corrected chi connectivity index (χ2v) is 7.27. The topological polar surface area (TPSA) is 32.3 Å². The van der Waals surface area contributed by atoms with Gasteiger partial charge < -0.3 is 4.90 Å². The van der Waals surface area contributed by atoms with E-state index in [1.54, 1.807) is 0 Å². The zero-order chi connectivity index (χ0) is 14.6. The largest absolute Gasteiger partial charge is 0.318 e. The van der Waals surface area contributed by atoms with Crippen LogP contribution in [0.3, 0.4) is 0 Å². The van der Waals surface area contributed by atoms with Crippen LogP contribution < -0.4 is 5.32 Å². The molecule has 1 heterocycles. The van der Waals surface area contributed by atoms with E-state index in [1.165, 1.54) is 25.7 Å². The van der Waals surface area contributed by atoms with E-state index in [1.807, 2.05) is 25.1 Å². The van der Waals surface area contributed by atoms with Gasteiger partial charge in [0, 0.05) is 11.1 Å². The van der Waals surface area contributed by atoms with Crippen LogP contribution >= 0.6 is 11.6 Å². The molecule has 1 aromatic carbocycles. The van der Waals surface area contributed by atoms with E-state index in [4.69, 9.17) is 11.6 Å². The molecule has 21 heavy (non-hydrogen) atoms. The van der Waals surface area contributed by atoms with Gasteiger partial charge in [-0.3, -0.25) is 10.1 Å². The number of rotatable bonds is 2. The Balaban J connectivity index is 1.67. The molecule has 4 heteroatoms. The molecule has 1 aliphatic heterocycles. The summed E-state index contributed by atoms with van der Waals surface area (Å²) in [7, 11) is 0. The Morgan fingerprint density at radius 3 is 2.81 bits per heavy atom. The van der Waals surface area contributed by atoms with Crippen molar-refractivity contribution in [2.24, 2.45) is 11.8 Å². The summed E-state index contributed by atoms with van der Waals surface area (Å²) >= 11 is 6.14. The van der Waals surface area contributed by atoms with Gasteiger partial charge in [-0.25, -0.2) is 0 Å². The fraction of sp³-hybridized carbons (Fsp3) is 0.588. The predicted octanol–water partition coefficient (Wildman–Crippen LogP) is 3.35. The fourth-order valence-corrected chi connectivity index (χ4v) is 4.78.